The van der Waals surface area contributed by atoms with Gasteiger partial charge >= 0.3 is 0 Å². The first-order valence-corrected chi connectivity index (χ1v) is 6.51. The molecule has 3 nitrogen and oxygen atoms in total. The molecule has 18 heavy (non-hydrogen) atoms. The molecule has 1 heterocycles. The van der Waals surface area contributed by atoms with Crippen molar-refractivity contribution < 1.29 is 9.90 Å². The Morgan fingerprint density at radius 2 is 2.11 bits per heavy atom. The summed E-state index contributed by atoms with van der Waals surface area (Å²) >= 11 is 0. The predicted molar refractivity (Wildman–Crippen MR) is 71.3 cm³/mol. The highest BCUT2D eigenvalue weighted by atomic mass is 16.3. The number of piperidine rings is 1. The molecule has 0 aromatic heterocycles. The highest BCUT2D eigenvalue weighted by molar-refractivity contribution is 5.95. The van der Waals surface area contributed by atoms with E-state index in [1.165, 1.54) is 6.42 Å². The maximum absolute atomic E-state index is 12.5. The summed E-state index contributed by atoms with van der Waals surface area (Å²) in [5.41, 5.74) is 1.55. The fourth-order valence-electron chi connectivity index (χ4n) is 2.63. The van der Waals surface area contributed by atoms with Crippen LogP contribution in [-0.4, -0.2) is 29.0 Å². The van der Waals surface area contributed by atoms with Crippen molar-refractivity contribution in [3.63, 3.8) is 0 Å². The molecule has 1 aromatic rings. The summed E-state index contributed by atoms with van der Waals surface area (Å²) in [5.74, 6) is 0.0485. The highest BCUT2D eigenvalue weighted by Gasteiger charge is 2.30. The molecule has 0 saturated carbocycles. The molecule has 0 bridgehead atoms. The van der Waals surface area contributed by atoms with Crippen molar-refractivity contribution >= 4 is 5.91 Å². The van der Waals surface area contributed by atoms with Crippen LogP contribution in [0.25, 0.3) is 0 Å². The number of benzene rings is 1. The van der Waals surface area contributed by atoms with Crippen LogP contribution in [0.15, 0.2) is 24.3 Å². The van der Waals surface area contributed by atoms with E-state index in [9.17, 15) is 9.90 Å². The van der Waals surface area contributed by atoms with E-state index in [0.29, 0.717) is 11.1 Å². The number of likely N-dealkylation sites (tertiary alicyclic amines) is 1. The first kappa shape index (κ1) is 13.1. The molecule has 0 atom stereocenters. The Balaban J connectivity index is 2.20. The zero-order chi connectivity index (χ0) is 13.2. The van der Waals surface area contributed by atoms with Crippen molar-refractivity contribution in [1.29, 1.82) is 0 Å². The normalized spacial score (nSPS) is 18.7. The van der Waals surface area contributed by atoms with Crippen molar-refractivity contribution in [2.75, 3.05) is 13.1 Å². The third-order valence-electron chi connectivity index (χ3n) is 3.61. The quantitative estimate of drug-likeness (QED) is 0.872. The minimum atomic E-state index is -0.0842. The van der Waals surface area contributed by atoms with Gasteiger partial charge in [0, 0.05) is 18.7 Å². The number of amides is 1. The monoisotopic (exact) mass is 247 g/mol. The number of carbonyl (C=O) groups excluding carboxylic acids is 1. The summed E-state index contributed by atoms with van der Waals surface area (Å²) in [5, 5.41) is 9.30. The molecule has 2 rings (SSSR count). The van der Waals surface area contributed by atoms with E-state index in [2.05, 4.69) is 13.8 Å². The van der Waals surface area contributed by atoms with Crippen LogP contribution in [0.5, 0.6) is 0 Å². The van der Waals surface area contributed by atoms with Crippen LogP contribution in [0.4, 0.5) is 0 Å². The molecule has 0 spiro atoms. The van der Waals surface area contributed by atoms with Crippen molar-refractivity contribution in [2.24, 2.45) is 5.41 Å². The fourth-order valence-corrected chi connectivity index (χ4v) is 2.63. The topological polar surface area (TPSA) is 40.5 Å². The fraction of sp³-hybridized carbons (Fsp3) is 0.533. The number of carbonyl (C=O) groups is 1. The van der Waals surface area contributed by atoms with E-state index in [1.54, 1.807) is 6.07 Å². The summed E-state index contributed by atoms with van der Waals surface area (Å²) in [6, 6.07) is 7.31. The van der Waals surface area contributed by atoms with Crippen molar-refractivity contribution in [3.05, 3.63) is 35.4 Å². The second-order valence-corrected chi connectivity index (χ2v) is 5.81. The summed E-state index contributed by atoms with van der Waals surface area (Å²) in [4.78, 5) is 14.4. The van der Waals surface area contributed by atoms with Crippen LogP contribution >= 0.6 is 0 Å². The van der Waals surface area contributed by atoms with Crippen molar-refractivity contribution in [1.82, 2.24) is 4.90 Å². The average molecular weight is 247 g/mol. The molecule has 3 heteroatoms. The average Bonchev–Trinajstić information content (AvgIpc) is 2.36. The molecule has 1 amide bonds. The first-order valence-electron chi connectivity index (χ1n) is 6.51. The van der Waals surface area contributed by atoms with Crippen LogP contribution in [0.3, 0.4) is 0 Å². The van der Waals surface area contributed by atoms with Crippen LogP contribution in [-0.2, 0) is 6.61 Å². The third-order valence-corrected chi connectivity index (χ3v) is 3.61. The Labute approximate surface area is 108 Å². The van der Waals surface area contributed by atoms with Gasteiger partial charge in [-0.25, -0.2) is 0 Å². The third kappa shape index (κ3) is 2.72. The zero-order valence-corrected chi connectivity index (χ0v) is 11.1. The van der Waals surface area contributed by atoms with Crippen LogP contribution in [0.1, 0.15) is 42.6 Å². The molecule has 0 aliphatic carbocycles. The van der Waals surface area contributed by atoms with Crippen molar-refractivity contribution in [3.8, 4) is 0 Å². The van der Waals surface area contributed by atoms with Gasteiger partial charge in [-0.1, -0.05) is 32.0 Å². The molecule has 0 radical (unpaired) electrons. The highest BCUT2D eigenvalue weighted by Crippen LogP contribution is 2.29. The lowest BCUT2D eigenvalue weighted by atomic mass is 9.84. The molecule has 1 saturated heterocycles. The Morgan fingerprint density at radius 3 is 2.78 bits per heavy atom. The predicted octanol–water partition coefficient (Wildman–Crippen LogP) is 2.44. The van der Waals surface area contributed by atoms with Gasteiger partial charge in [0.25, 0.3) is 5.91 Å². The minimum Gasteiger partial charge on any atom is -0.392 e. The molecule has 1 fully saturated rings. The Bertz CT molecular complexity index is 440. The summed E-state index contributed by atoms with van der Waals surface area (Å²) < 4.78 is 0. The van der Waals surface area contributed by atoms with Gasteiger partial charge in [0.2, 0.25) is 0 Å². The molecule has 0 unspecified atom stereocenters. The molecule has 98 valence electrons. The summed E-state index contributed by atoms with van der Waals surface area (Å²) in [6.45, 7) is 5.93. The summed E-state index contributed by atoms with van der Waals surface area (Å²) in [6.07, 6.45) is 2.22. The number of aliphatic hydroxyl groups excluding tert-OH is 1. The van der Waals surface area contributed by atoms with Gasteiger partial charge in [-0.2, -0.15) is 0 Å². The van der Waals surface area contributed by atoms with E-state index in [1.807, 2.05) is 23.1 Å². The van der Waals surface area contributed by atoms with Gasteiger partial charge in [0.15, 0.2) is 0 Å². The Kier molecular flexibility index (Phi) is 3.71. The second-order valence-electron chi connectivity index (χ2n) is 5.81. The van der Waals surface area contributed by atoms with Crippen LogP contribution in [0, 0.1) is 5.41 Å². The minimum absolute atomic E-state index is 0.0485. The van der Waals surface area contributed by atoms with Gasteiger partial charge < -0.3 is 10.0 Å². The van der Waals surface area contributed by atoms with E-state index in [4.69, 9.17) is 0 Å². The molecule has 1 aromatic carbocycles. The second kappa shape index (κ2) is 5.11. The van der Waals surface area contributed by atoms with E-state index >= 15 is 0 Å². The molecular weight excluding hydrogens is 226 g/mol. The van der Waals surface area contributed by atoms with Gasteiger partial charge in [0.1, 0.15) is 0 Å². The number of aliphatic hydroxyl groups is 1. The van der Waals surface area contributed by atoms with Crippen LogP contribution < -0.4 is 0 Å². The lowest BCUT2D eigenvalue weighted by Crippen LogP contribution is -2.43. The number of hydrogen-bond donors (Lipinski definition) is 1. The lowest BCUT2D eigenvalue weighted by molar-refractivity contribution is 0.0580. The maximum atomic E-state index is 12.5. The van der Waals surface area contributed by atoms with Gasteiger partial charge in [-0.15, -0.1) is 0 Å². The smallest absolute Gasteiger partial charge is 0.254 e. The van der Waals surface area contributed by atoms with E-state index in [0.717, 1.165) is 19.5 Å². The summed E-state index contributed by atoms with van der Waals surface area (Å²) in [7, 11) is 0. The van der Waals surface area contributed by atoms with Gasteiger partial charge in [0.05, 0.1) is 6.61 Å². The number of rotatable bonds is 2. The maximum Gasteiger partial charge on any atom is 0.254 e. The van der Waals surface area contributed by atoms with E-state index < -0.39 is 0 Å². The lowest BCUT2D eigenvalue weighted by Gasteiger charge is -2.38. The molecular formula is C15H21NO2. The largest absolute Gasteiger partial charge is 0.392 e. The first-order chi connectivity index (χ1) is 8.53. The van der Waals surface area contributed by atoms with Gasteiger partial charge in [-0.3, -0.25) is 4.79 Å². The van der Waals surface area contributed by atoms with Crippen LogP contribution in [0.2, 0.25) is 0 Å². The number of nitrogens with zero attached hydrogens (tertiary/aromatic N) is 1. The standard InChI is InChI=1S/C15H21NO2/c1-15(2)8-5-9-16(11-15)14(18)13-7-4-3-6-12(13)10-17/h3-4,6-7,17H,5,8-11H2,1-2H3. The molecule has 1 N–H and O–H groups in total. The zero-order valence-electron chi connectivity index (χ0n) is 11.1. The van der Waals surface area contributed by atoms with Crippen molar-refractivity contribution in [2.45, 2.75) is 33.3 Å². The molecule has 1 aliphatic rings. The SMILES string of the molecule is CC1(C)CCCN(C(=O)c2ccccc2CO)C1. The Morgan fingerprint density at radius 1 is 1.39 bits per heavy atom. The molecule has 1 aliphatic heterocycles. The number of hydrogen-bond acceptors (Lipinski definition) is 2. The van der Waals surface area contributed by atoms with E-state index in [-0.39, 0.29) is 17.9 Å². The Hall–Kier alpha value is -1.35. The van der Waals surface area contributed by atoms with Gasteiger partial charge in [-0.05, 0) is 29.9 Å².